The van der Waals surface area contributed by atoms with Gasteiger partial charge < -0.3 is 15.0 Å². The molecule has 1 aliphatic rings. The van der Waals surface area contributed by atoms with Crippen molar-refractivity contribution >= 4 is 11.5 Å². The first-order valence-corrected chi connectivity index (χ1v) is 7.67. The number of ether oxygens (including phenoxy) is 1. The van der Waals surface area contributed by atoms with Gasteiger partial charge in [-0.25, -0.2) is 0 Å². The van der Waals surface area contributed by atoms with Gasteiger partial charge in [-0.2, -0.15) is 5.10 Å². The first-order chi connectivity index (χ1) is 10.8. The van der Waals surface area contributed by atoms with Gasteiger partial charge in [0.2, 0.25) is 0 Å². The largest absolute Gasteiger partial charge is 0.495 e. The Kier molecular flexibility index (Phi) is 4.42. The van der Waals surface area contributed by atoms with Gasteiger partial charge in [0.25, 0.3) is 0 Å². The zero-order valence-corrected chi connectivity index (χ0v) is 13.1. The first kappa shape index (κ1) is 14.6. The van der Waals surface area contributed by atoms with Crippen LogP contribution in [0.2, 0.25) is 0 Å². The summed E-state index contributed by atoms with van der Waals surface area (Å²) >= 11 is 0. The second-order valence-electron chi connectivity index (χ2n) is 5.77. The first-order valence-electron chi connectivity index (χ1n) is 7.67. The fourth-order valence-corrected chi connectivity index (χ4v) is 2.91. The van der Waals surface area contributed by atoms with Crippen molar-refractivity contribution in [1.82, 2.24) is 10.2 Å². The molecule has 1 saturated heterocycles. The summed E-state index contributed by atoms with van der Waals surface area (Å²) in [7, 11) is 1.73. The highest BCUT2D eigenvalue weighted by Gasteiger charge is 2.24. The fraction of sp³-hybridized carbons (Fsp3) is 0.412. The highest BCUT2D eigenvalue weighted by Crippen LogP contribution is 2.31. The van der Waals surface area contributed by atoms with Gasteiger partial charge in [0.05, 0.1) is 19.0 Å². The predicted octanol–water partition coefficient (Wildman–Crippen LogP) is 2.73. The predicted molar refractivity (Wildman–Crippen MR) is 88.6 cm³/mol. The molecular weight excluding hydrogens is 276 g/mol. The van der Waals surface area contributed by atoms with E-state index in [-0.39, 0.29) is 0 Å². The molecule has 1 atom stereocenters. The van der Waals surface area contributed by atoms with Gasteiger partial charge in [-0.15, -0.1) is 5.10 Å². The highest BCUT2D eigenvalue weighted by molar-refractivity contribution is 5.59. The van der Waals surface area contributed by atoms with Crippen molar-refractivity contribution in [2.24, 2.45) is 5.92 Å². The van der Waals surface area contributed by atoms with Gasteiger partial charge in [0.1, 0.15) is 11.6 Å². The van der Waals surface area contributed by atoms with Gasteiger partial charge in [0.15, 0.2) is 0 Å². The minimum absolute atomic E-state index is 0.604. The Bertz CT molecular complexity index is 632. The molecule has 2 heterocycles. The number of rotatable bonds is 5. The lowest BCUT2D eigenvalue weighted by Crippen LogP contribution is -2.23. The number of nitrogens with zero attached hydrogens (tertiary/aromatic N) is 3. The third-order valence-corrected chi connectivity index (χ3v) is 4.07. The quantitative estimate of drug-likeness (QED) is 0.920. The molecule has 0 saturated carbocycles. The molecule has 0 radical (unpaired) electrons. The molecule has 3 rings (SSSR count). The molecule has 1 aromatic carbocycles. The van der Waals surface area contributed by atoms with E-state index in [1.54, 1.807) is 13.3 Å². The zero-order valence-electron chi connectivity index (χ0n) is 13.1. The second kappa shape index (κ2) is 6.64. The van der Waals surface area contributed by atoms with Crippen LogP contribution < -0.4 is 15.0 Å². The molecule has 5 nitrogen and oxygen atoms in total. The van der Waals surface area contributed by atoms with Crippen molar-refractivity contribution in [2.45, 2.75) is 13.3 Å². The summed E-state index contributed by atoms with van der Waals surface area (Å²) in [6.07, 6.45) is 2.94. The van der Waals surface area contributed by atoms with Crippen molar-refractivity contribution in [2.75, 3.05) is 37.0 Å². The van der Waals surface area contributed by atoms with Crippen LogP contribution in [0.1, 0.15) is 12.0 Å². The molecule has 22 heavy (non-hydrogen) atoms. The van der Waals surface area contributed by atoms with Crippen LogP contribution in [-0.4, -0.2) is 36.9 Å². The number of hydrogen-bond donors (Lipinski definition) is 1. The minimum Gasteiger partial charge on any atom is -0.495 e. The maximum atomic E-state index is 5.46. The normalized spacial score (nSPS) is 17.5. The number of para-hydroxylation sites is 2. The van der Waals surface area contributed by atoms with E-state index in [1.807, 2.05) is 25.1 Å². The average molecular weight is 298 g/mol. The third-order valence-electron chi connectivity index (χ3n) is 4.07. The maximum absolute atomic E-state index is 5.46. The van der Waals surface area contributed by atoms with Crippen molar-refractivity contribution in [3.63, 3.8) is 0 Å². The summed E-state index contributed by atoms with van der Waals surface area (Å²) in [6.45, 7) is 5.04. The summed E-state index contributed by atoms with van der Waals surface area (Å²) in [5, 5.41) is 11.5. The average Bonchev–Trinajstić information content (AvgIpc) is 3.02. The second-order valence-corrected chi connectivity index (χ2v) is 5.77. The Morgan fingerprint density at radius 1 is 1.36 bits per heavy atom. The highest BCUT2D eigenvalue weighted by atomic mass is 16.5. The van der Waals surface area contributed by atoms with Crippen LogP contribution in [0.25, 0.3) is 0 Å². The molecule has 1 N–H and O–H groups in total. The van der Waals surface area contributed by atoms with E-state index in [2.05, 4.69) is 32.5 Å². The Labute approximate surface area is 131 Å². The standard InChI is InChI=1S/C17H22N4O/c1-13-9-17(20-19-10-13)18-11-14-7-8-21(12-14)15-5-3-4-6-16(15)22-2/h3-6,9-10,14H,7-8,11-12H2,1-2H3,(H,18,20). The molecule has 116 valence electrons. The topological polar surface area (TPSA) is 50.3 Å². The molecule has 0 amide bonds. The van der Waals surface area contributed by atoms with E-state index < -0.39 is 0 Å². The van der Waals surface area contributed by atoms with E-state index >= 15 is 0 Å². The number of hydrogen-bond acceptors (Lipinski definition) is 5. The van der Waals surface area contributed by atoms with Crippen LogP contribution in [0.4, 0.5) is 11.5 Å². The summed E-state index contributed by atoms with van der Waals surface area (Å²) in [5.74, 6) is 2.41. The van der Waals surface area contributed by atoms with Gasteiger partial charge in [-0.1, -0.05) is 12.1 Å². The van der Waals surface area contributed by atoms with Gasteiger partial charge in [-0.3, -0.25) is 0 Å². The van der Waals surface area contributed by atoms with Crippen LogP contribution in [0, 0.1) is 12.8 Å². The molecule has 1 aliphatic heterocycles. The molecule has 1 aromatic heterocycles. The Balaban J connectivity index is 1.58. The molecule has 0 spiro atoms. The van der Waals surface area contributed by atoms with Crippen molar-refractivity contribution in [3.8, 4) is 5.75 Å². The van der Waals surface area contributed by atoms with Crippen molar-refractivity contribution in [1.29, 1.82) is 0 Å². The number of nitrogens with one attached hydrogen (secondary N) is 1. The number of aromatic nitrogens is 2. The van der Waals surface area contributed by atoms with Crippen LogP contribution in [0.3, 0.4) is 0 Å². The number of benzene rings is 1. The lowest BCUT2D eigenvalue weighted by atomic mass is 10.1. The Hall–Kier alpha value is -2.30. The maximum Gasteiger partial charge on any atom is 0.148 e. The van der Waals surface area contributed by atoms with E-state index in [0.29, 0.717) is 5.92 Å². The molecule has 0 bridgehead atoms. The zero-order chi connectivity index (χ0) is 15.4. The fourth-order valence-electron chi connectivity index (χ4n) is 2.91. The molecule has 0 aliphatic carbocycles. The van der Waals surface area contributed by atoms with E-state index in [0.717, 1.165) is 36.8 Å². The summed E-state index contributed by atoms with van der Waals surface area (Å²) in [5.41, 5.74) is 2.31. The van der Waals surface area contributed by atoms with E-state index in [1.165, 1.54) is 12.1 Å². The molecule has 2 aromatic rings. The van der Waals surface area contributed by atoms with Gasteiger partial charge in [-0.05, 0) is 43.0 Å². The van der Waals surface area contributed by atoms with E-state index in [9.17, 15) is 0 Å². The van der Waals surface area contributed by atoms with Crippen LogP contribution >= 0.6 is 0 Å². The molecular formula is C17H22N4O. The van der Waals surface area contributed by atoms with E-state index in [4.69, 9.17) is 4.74 Å². The Morgan fingerprint density at radius 3 is 3.05 bits per heavy atom. The SMILES string of the molecule is COc1ccccc1N1CCC(CNc2cc(C)cnn2)C1. The number of methoxy groups -OCH3 is 1. The van der Waals surface area contributed by atoms with Crippen molar-refractivity contribution < 1.29 is 4.74 Å². The Morgan fingerprint density at radius 2 is 2.23 bits per heavy atom. The third kappa shape index (κ3) is 3.30. The summed E-state index contributed by atoms with van der Waals surface area (Å²) < 4.78 is 5.46. The van der Waals surface area contributed by atoms with Crippen LogP contribution in [0.5, 0.6) is 5.75 Å². The lowest BCUT2D eigenvalue weighted by molar-refractivity contribution is 0.414. The molecule has 1 unspecified atom stereocenters. The summed E-state index contributed by atoms with van der Waals surface area (Å²) in [4.78, 5) is 2.40. The monoisotopic (exact) mass is 298 g/mol. The van der Waals surface area contributed by atoms with Crippen LogP contribution in [-0.2, 0) is 0 Å². The smallest absolute Gasteiger partial charge is 0.148 e. The van der Waals surface area contributed by atoms with Gasteiger partial charge >= 0.3 is 0 Å². The number of aryl methyl sites for hydroxylation is 1. The lowest BCUT2D eigenvalue weighted by Gasteiger charge is -2.21. The van der Waals surface area contributed by atoms with Crippen LogP contribution in [0.15, 0.2) is 36.5 Å². The van der Waals surface area contributed by atoms with Gasteiger partial charge in [0, 0.05) is 19.6 Å². The minimum atomic E-state index is 0.604. The summed E-state index contributed by atoms with van der Waals surface area (Å²) in [6, 6.07) is 10.2. The molecule has 1 fully saturated rings. The van der Waals surface area contributed by atoms with Crippen molar-refractivity contribution in [3.05, 3.63) is 42.1 Å². The number of anilines is 2. The molecule has 5 heteroatoms.